The Hall–Kier alpha value is -0.380. The molecule has 0 bridgehead atoms. The molecule has 3 nitrogen and oxygen atoms in total. The van der Waals surface area contributed by atoms with Crippen LogP contribution in [0.3, 0.4) is 0 Å². The minimum absolute atomic E-state index is 0.0926. The Morgan fingerprint density at radius 3 is 1.50 bits per heavy atom. The maximum atomic E-state index is 10.1. The van der Waals surface area contributed by atoms with Gasteiger partial charge >= 0.3 is 0 Å². The summed E-state index contributed by atoms with van der Waals surface area (Å²) in [6, 6.07) is 0. The third kappa shape index (κ3) is 9.15. The van der Waals surface area contributed by atoms with Gasteiger partial charge in [-0.05, 0) is 12.5 Å². The molecule has 50 valence electrons. The quantitative estimate of drug-likeness (QED) is 0.439. The molecule has 0 saturated carbocycles. The van der Waals surface area contributed by atoms with Crippen LogP contribution in [-0.4, -0.2) is 29.1 Å². The molecule has 0 heterocycles. The number of nitrogens with zero attached hydrogens (tertiary/aromatic N) is 1. The summed E-state index contributed by atoms with van der Waals surface area (Å²) in [5.74, 6) is 0.0926. The van der Waals surface area contributed by atoms with Crippen LogP contribution in [-0.2, 0) is 17.3 Å². The van der Waals surface area contributed by atoms with Gasteiger partial charge in [-0.2, -0.15) is 0 Å². The Balaban J connectivity index is 0. The minimum atomic E-state index is 0.0926. The lowest BCUT2D eigenvalue weighted by Gasteiger charge is -2.02. The van der Waals surface area contributed by atoms with Crippen LogP contribution in [0.25, 0.3) is 0 Å². The summed E-state index contributed by atoms with van der Waals surface area (Å²) in [6.07, 6.45) is 0. The Kier molecular flexibility index (Phi) is 8.75. The molecular formula is C4H11NO2S. The summed E-state index contributed by atoms with van der Waals surface area (Å²) in [4.78, 5) is 11.6. The maximum Gasteiger partial charge on any atom is 0.218 e. The van der Waals surface area contributed by atoms with Crippen molar-refractivity contribution in [1.29, 1.82) is 0 Å². The first-order valence-corrected chi connectivity index (χ1v) is 2.43. The molecule has 8 heavy (non-hydrogen) atoms. The average molecular weight is 137 g/mol. The number of rotatable bonds is 0. The van der Waals surface area contributed by atoms with E-state index < -0.39 is 0 Å². The lowest BCUT2D eigenvalue weighted by atomic mass is 10.7. The van der Waals surface area contributed by atoms with Crippen LogP contribution in [0, 0.1) is 0 Å². The SMILES string of the molecule is CC(=O)N(C)C.O=[SH2]. The van der Waals surface area contributed by atoms with Crippen LogP contribution in [0.4, 0.5) is 0 Å². The van der Waals surface area contributed by atoms with Crippen molar-refractivity contribution in [3.63, 3.8) is 0 Å². The third-order valence-electron chi connectivity index (χ3n) is 0.630. The van der Waals surface area contributed by atoms with Crippen molar-refractivity contribution < 1.29 is 9.00 Å². The standard InChI is InChI=1S/C4H9NO.H2OS/c1-4(6)5(2)3;1-2/h1-3H3;2H2. The fourth-order valence-electron chi connectivity index (χ4n) is 0. The van der Waals surface area contributed by atoms with Gasteiger partial charge in [-0.15, -0.1) is 0 Å². The van der Waals surface area contributed by atoms with Gasteiger partial charge < -0.3 is 4.90 Å². The fraction of sp³-hybridized carbons (Fsp3) is 0.750. The first-order chi connectivity index (χ1) is 3.64. The van der Waals surface area contributed by atoms with Crippen molar-refractivity contribution in [2.45, 2.75) is 6.92 Å². The summed E-state index contributed by atoms with van der Waals surface area (Å²) in [6.45, 7) is 1.53. The lowest BCUT2D eigenvalue weighted by Crippen LogP contribution is -2.17. The lowest BCUT2D eigenvalue weighted by molar-refractivity contribution is -0.126. The molecule has 0 N–H and O–H groups in total. The van der Waals surface area contributed by atoms with Gasteiger partial charge in [-0.3, -0.25) is 9.00 Å². The second-order valence-electron chi connectivity index (χ2n) is 1.41. The summed E-state index contributed by atoms with van der Waals surface area (Å²) in [5.41, 5.74) is 0. The molecule has 0 aliphatic carbocycles. The van der Waals surface area contributed by atoms with Crippen molar-refractivity contribution in [1.82, 2.24) is 4.90 Å². The fourth-order valence-corrected chi connectivity index (χ4v) is 0. The summed E-state index contributed by atoms with van der Waals surface area (Å²) in [7, 11) is 3.45. The Labute approximate surface area is 54.2 Å². The number of carbonyl (C=O) groups excluding carboxylic acids is 1. The Morgan fingerprint density at radius 1 is 1.38 bits per heavy atom. The molecule has 0 aromatic carbocycles. The molecule has 4 heteroatoms. The van der Waals surface area contributed by atoms with Gasteiger partial charge in [0.2, 0.25) is 5.91 Å². The smallest absolute Gasteiger partial charge is 0.218 e. The number of hydrogen-bond donors (Lipinski definition) is 0. The second-order valence-corrected chi connectivity index (χ2v) is 1.41. The van der Waals surface area contributed by atoms with E-state index in [4.69, 9.17) is 4.21 Å². The molecule has 1 amide bonds. The Bertz CT molecular complexity index is 74.4. The van der Waals surface area contributed by atoms with Crippen LogP contribution in [0.5, 0.6) is 0 Å². The van der Waals surface area contributed by atoms with E-state index in [2.05, 4.69) is 0 Å². The van der Waals surface area contributed by atoms with Crippen LogP contribution in [0.15, 0.2) is 0 Å². The molecule has 0 spiro atoms. The predicted molar refractivity (Wildman–Crippen MR) is 35.3 cm³/mol. The van der Waals surface area contributed by atoms with Crippen LogP contribution in [0.1, 0.15) is 6.92 Å². The third-order valence-corrected chi connectivity index (χ3v) is 0.630. The molecule has 0 unspecified atom stereocenters. The Morgan fingerprint density at radius 2 is 1.50 bits per heavy atom. The number of carbonyl (C=O) groups is 1. The van der Waals surface area contributed by atoms with E-state index in [0.29, 0.717) is 0 Å². The van der Waals surface area contributed by atoms with Gasteiger partial charge in [0.1, 0.15) is 0 Å². The molecule has 0 saturated heterocycles. The van der Waals surface area contributed by atoms with E-state index in [1.165, 1.54) is 11.8 Å². The highest BCUT2D eigenvalue weighted by Gasteiger charge is 1.87. The normalized spacial score (nSPS) is 6.50. The van der Waals surface area contributed by atoms with E-state index >= 15 is 0 Å². The van der Waals surface area contributed by atoms with Gasteiger partial charge in [-0.1, -0.05) is 0 Å². The topological polar surface area (TPSA) is 37.4 Å². The zero-order chi connectivity index (χ0) is 7.15. The molecule has 0 aliphatic rings. The van der Waals surface area contributed by atoms with Gasteiger partial charge in [0, 0.05) is 21.0 Å². The van der Waals surface area contributed by atoms with E-state index in [9.17, 15) is 4.79 Å². The largest absolute Gasteiger partial charge is 0.349 e. The number of amides is 1. The molecule has 0 aromatic rings. The molecule has 0 aromatic heterocycles. The van der Waals surface area contributed by atoms with Crippen molar-refractivity contribution in [3.05, 3.63) is 0 Å². The molecule has 0 fully saturated rings. The maximum absolute atomic E-state index is 10.1. The van der Waals surface area contributed by atoms with E-state index in [1.807, 2.05) is 0 Å². The predicted octanol–water partition coefficient (Wildman–Crippen LogP) is -0.777. The zero-order valence-electron chi connectivity index (χ0n) is 5.26. The van der Waals surface area contributed by atoms with Crippen molar-refractivity contribution in [3.8, 4) is 0 Å². The first kappa shape index (κ1) is 10.6. The minimum Gasteiger partial charge on any atom is -0.349 e. The van der Waals surface area contributed by atoms with Crippen LogP contribution < -0.4 is 0 Å². The first-order valence-electron chi connectivity index (χ1n) is 2.03. The highest BCUT2D eigenvalue weighted by Crippen LogP contribution is 1.69. The van der Waals surface area contributed by atoms with Gasteiger partial charge in [0.25, 0.3) is 0 Å². The monoisotopic (exact) mass is 137 g/mol. The summed E-state index contributed by atoms with van der Waals surface area (Å²) < 4.78 is 8.06. The molecule has 0 radical (unpaired) electrons. The zero-order valence-corrected chi connectivity index (χ0v) is 6.26. The molecule has 0 atom stereocenters. The highest BCUT2D eigenvalue weighted by molar-refractivity contribution is 7.44. The summed E-state index contributed by atoms with van der Waals surface area (Å²) in [5, 5.41) is 0. The van der Waals surface area contributed by atoms with Crippen molar-refractivity contribution in [2.24, 2.45) is 0 Å². The van der Waals surface area contributed by atoms with Crippen LogP contribution in [0.2, 0.25) is 0 Å². The second kappa shape index (κ2) is 6.62. The average Bonchev–Trinajstić information content (AvgIpc) is 1.72. The number of hydrogen-bond acceptors (Lipinski definition) is 2. The highest BCUT2D eigenvalue weighted by atomic mass is 32.1. The van der Waals surface area contributed by atoms with Gasteiger partial charge in [0.15, 0.2) is 0 Å². The molecular weight excluding hydrogens is 126 g/mol. The van der Waals surface area contributed by atoms with E-state index in [1.54, 1.807) is 26.6 Å². The molecule has 0 rings (SSSR count). The van der Waals surface area contributed by atoms with Crippen molar-refractivity contribution in [2.75, 3.05) is 14.1 Å². The summed E-state index contributed by atoms with van der Waals surface area (Å²) >= 11 is 1.72. The van der Waals surface area contributed by atoms with E-state index in [0.717, 1.165) is 0 Å². The van der Waals surface area contributed by atoms with Crippen molar-refractivity contribution >= 4 is 18.4 Å². The van der Waals surface area contributed by atoms with Gasteiger partial charge in [0.05, 0.1) is 0 Å². The molecule has 0 aliphatic heterocycles. The van der Waals surface area contributed by atoms with Gasteiger partial charge in [-0.25, -0.2) is 0 Å². The van der Waals surface area contributed by atoms with E-state index in [-0.39, 0.29) is 5.91 Å². The van der Waals surface area contributed by atoms with Crippen LogP contribution >= 0.6 is 0 Å².